The molecule has 0 aliphatic carbocycles. The van der Waals surface area contributed by atoms with Crippen LogP contribution in [0.25, 0.3) is 0 Å². The smallest absolute Gasteiger partial charge is 0.352 e. The zero-order valence-corrected chi connectivity index (χ0v) is 27.6. The summed E-state index contributed by atoms with van der Waals surface area (Å²) in [4.78, 5) is 29.2. The molecule has 47 heavy (non-hydrogen) atoms. The molecular weight excluding hydrogens is 651 g/mol. The molecule has 0 saturated carbocycles. The van der Waals surface area contributed by atoms with Gasteiger partial charge in [-0.05, 0) is 68.3 Å². The minimum Gasteiger partial charge on any atom is -0.352 e. The average molecular weight is 686 g/mol. The van der Waals surface area contributed by atoms with Crippen LogP contribution in [0.4, 0.5) is 18.9 Å². The lowest BCUT2D eigenvalue weighted by atomic mass is 10.0. The van der Waals surface area contributed by atoms with Crippen molar-refractivity contribution in [1.82, 2.24) is 10.2 Å². The molecule has 2 amide bonds. The van der Waals surface area contributed by atoms with E-state index < -0.39 is 46.2 Å². The molecule has 1 atom stereocenters. The summed E-state index contributed by atoms with van der Waals surface area (Å²) in [5.74, 6) is -1.31. The number of nitrogens with zero attached hydrogens (tertiary/aromatic N) is 2. The Bertz CT molecular complexity index is 1800. The molecule has 1 N–H and O–H groups in total. The van der Waals surface area contributed by atoms with E-state index in [1.54, 1.807) is 81.4 Å². The number of halogens is 4. The van der Waals surface area contributed by atoms with Crippen molar-refractivity contribution in [3.63, 3.8) is 0 Å². The molecule has 0 aliphatic rings. The summed E-state index contributed by atoms with van der Waals surface area (Å²) in [6, 6.07) is 23.8. The molecule has 0 saturated heterocycles. The number of alkyl halides is 3. The fourth-order valence-corrected chi connectivity index (χ4v) is 6.55. The number of hydrogen-bond donors (Lipinski definition) is 1. The Morgan fingerprint density at radius 3 is 2.13 bits per heavy atom. The van der Waals surface area contributed by atoms with Crippen molar-refractivity contribution in [3.05, 3.63) is 130 Å². The Kier molecular flexibility index (Phi) is 11.4. The molecule has 0 heterocycles. The number of carbonyl (C=O) groups excluding carboxylic acids is 2. The van der Waals surface area contributed by atoms with Gasteiger partial charge in [0.15, 0.2) is 0 Å². The quantitative estimate of drug-likeness (QED) is 0.174. The Hall–Kier alpha value is -4.35. The van der Waals surface area contributed by atoms with Gasteiger partial charge in [-0.3, -0.25) is 13.9 Å². The standard InChI is InChI=1S/C35H35ClF3N3O4S/c1-24(2)40-34(44)32(20-26-10-5-4-6-11-26)41(22-27-12-7-8-15-31(27)36)33(43)23-42(29-14-9-13-28(21-29)35(37,38)39)47(45,46)30-18-16-25(3)17-19-30/h4-19,21,24,32H,20,22-23H2,1-3H3,(H,40,44)/t32-/m0/s1. The summed E-state index contributed by atoms with van der Waals surface area (Å²) in [5.41, 5.74) is 0.534. The first-order valence-corrected chi connectivity index (χ1v) is 16.6. The number of aryl methyl sites for hydroxylation is 1. The van der Waals surface area contributed by atoms with E-state index in [1.807, 2.05) is 6.07 Å². The van der Waals surface area contributed by atoms with Crippen LogP contribution in [-0.4, -0.2) is 43.8 Å². The van der Waals surface area contributed by atoms with Crippen LogP contribution in [0.1, 0.15) is 36.1 Å². The third-order valence-corrected chi connectivity index (χ3v) is 9.51. The van der Waals surface area contributed by atoms with Gasteiger partial charge in [0.2, 0.25) is 11.8 Å². The van der Waals surface area contributed by atoms with Crippen LogP contribution in [-0.2, 0) is 38.8 Å². The molecular formula is C35H35ClF3N3O4S. The number of anilines is 1. The Labute approximate surface area is 278 Å². The predicted molar refractivity (Wildman–Crippen MR) is 176 cm³/mol. The maximum Gasteiger partial charge on any atom is 0.416 e. The highest BCUT2D eigenvalue weighted by Crippen LogP contribution is 2.33. The lowest BCUT2D eigenvalue weighted by Crippen LogP contribution is -2.54. The largest absolute Gasteiger partial charge is 0.416 e. The normalized spacial score (nSPS) is 12.4. The van der Waals surface area contributed by atoms with Gasteiger partial charge in [0.05, 0.1) is 16.1 Å². The molecule has 248 valence electrons. The molecule has 0 bridgehead atoms. The van der Waals surface area contributed by atoms with Gasteiger partial charge in [-0.2, -0.15) is 13.2 Å². The summed E-state index contributed by atoms with van der Waals surface area (Å²) >= 11 is 6.48. The molecule has 0 fully saturated rings. The van der Waals surface area contributed by atoms with Crippen LogP contribution in [0.15, 0.2) is 108 Å². The van der Waals surface area contributed by atoms with Gasteiger partial charge < -0.3 is 10.2 Å². The molecule has 4 aromatic carbocycles. The molecule has 0 aliphatic heterocycles. The number of benzene rings is 4. The van der Waals surface area contributed by atoms with Gasteiger partial charge >= 0.3 is 6.18 Å². The van der Waals surface area contributed by atoms with E-state index in [4.69, 9.17) is 11.6 Å². The first kappa shape index (κ1) is 35.5. The first-order chi connectivity index (χ1) is 22.2. The molecule has 0 unspecified atom stereocenters. The highest BCUT2D eigenvalue weighted by Gasteiger charge is 2.36. The maximum absolute atomic E-state index is 14.5. The van der Waals surface area contributed by atoms with Crippen molar-refractivity contribution < 1.29 is 31.2 Å². The van der Waals surface area contributed by atoms with Crippen LogP contribution in [0.5, 0.6) is 0 Å². The van der Waals surface area contributed by atoms with Crippen molar-refractivity contribution in [2.24, 2.45) is 0 Å². The number of hydrogen-bond acceptors (Lipinski definition) is 4. The van der Waals surface area contributed by atoms with Gasteiger partial charge in [0, 0.05) is 24.0 Å². The van der Waals surface area contributed by atoms with Crippen LogP contribution < -0.4 is 9.62 Å². The van der Waals surface area contributed by atoms with E-state index in [9.17, 15) is 31.2 Å². The minimum atomic E-state index is -4.77. The Morgan fingerprint density at radius 2 is 1.51 bits per heavy atom. The van der Waals surface area contributed by atoms with Crippen LogP contribution in [0.2, 0.25) is 5.02 Å². The number of carbonyl (C=O) groups is 2. The molecule has 0 aromatic heterocycles. The van der Waals surface area contributed by atoms with Crippen molar-refractivity contribution in [3.8, 4) is 0 Å². The van der Waals surface area contributed by atoms with E-state index in [2.05, 4.69) is 5.32 Å². The molecule has 0 spiro atoms. The van der Waals surface area contributed by atoms with E-state index >= 15 is 0 Å². The van der Waals surface area contributed by atoms with Gasteiger partial charge in [-0.1, -0.05) is 83.9 Å². The maximum atomic E-state index is 14.5. The van der Waals surface area contributed by atoms with Crippen LogP contribution in [0.3, 0.4) is 0 Å². The van der Waals surface area contributed by atoms with Crippen molar-refractivity contribution in [1.29, 1.82) is 0 Å². The molecule has 0 radical (unpaired) electrons. The van der Waals surface area contributed by atoms with E-state index in [-0.39, 0.29) is 29.6 Å². The fraction of sp³-hybridized carbons (Fsp3) is 0.257. The third kappa shape index (κ3) is 9.14. The molecule has 12 heteroatoms. The second kappa shape index (κ2) is 15.0. The van der Waals surface area contributed by atoms with E-state index in [1.165, 1.54) is 23.1 Å². The topological polar surface area (TPSA) is 86.8 Å². The van der Waals surface area contributed by atoms with Crippen molar-refractivity contribution >= 4 is 39.1 Å². The zero-order chi connectivity index (χ0) is 34.4. The number of amides is 2. The lowest BCUT2D eigenvalue weighted by molar-refractivity contribution is -0.140. The van der Waals surface area contributed by atoms with Gasteiger partial charge in [-0.25, -0.2) is 8.42 Å². The number of sulfonamides is 1. The number of nitrogens with one attached hydrogen (secondary N) is 1. The SMILES string of the molecule is Cc1ccc(S(=O)(=O)N(CC(=O)N(Cc2ccccc2Cl)[C@@H](Cc2ccccc2)C(=O)NC(C)C)c2cccc(C(F)(F)F)c2)cc1. The highest BCUT2D eigenvalue weighted by molar-refractivity contribution is 7.92. The summed E-state index contributed by atoms with van der Waals surface area (Å²) in [6.07, 6.45) is -4.70. The van der Waals surface area contributed by atoms with Gasteiger partial charge in [0.25, 0.3) is 10.0 Å². The van der Waals surface area contributed by atoms with Crippen LogP contribution in [0, 0.1) is 6.92 Å². The van der Waals surface area contributed by atoms with Crippen molar-refractivity contribution in [2.75, 3.05) is 10.8 Å². The van der Waals surface area contributed by atoms with Gasteiger partial charge in [-0.15, -0.1) is 0 Å². The summed E-state index contributed by atoms with van der Waals surface area (Å²) < 4.78 is 70.1. The summed E-state index contributed by atoms with van der Waals surface area (Å²) in [6.45, 7) is 4.21. The van der Waals surface area contributed by atoms with Crippen LogP contribution >= 0.6 is 11.6 Å². The lowest BCUT2D eigenvalue weighted by Gasteiger charge is -2.34. The minimum absolute atomic E-state index is 0.0733. The predicted octanol–water partition coefficient (Wildman–Crippen LogP) is 7.03. The Balaban J connectivity index is 1.86. The monoisotopic (exact) mass is 685 g/mol. The average Bonchev–Trinajstić information content (AvgIpc) is 3.02. The summed E-state index contributed by atoms with van der Waals surface area (Å²) in [5, 5.41) is 3.16. The first-order valence-electron chi connectivity index (χ1n) is 14.8. The fourth-order valence-electron chi connectivity index (χ4n) is 4.95. The summed E-state index contributed by atoms with van der Waals surface area (Å²) in [7, 11) is -4.57. The highest BCUT2D eigenvalue weighted by atomic mass is 35.5. The Morgan fingerprint density at radius 1 is 0.872 bits per heavy atom. The van der Waals surface area contributed by atoms with E-state index in [0.717, 1.165) is 23.3 Å². The molecule has 7 nitrogen and oxygen atoms in total. The molecule has 4 rings (SSSR count). The third-order valence-electron chi connectivity index (χ3n) is 7.35. The molecule has 4 aromatic rings. The zero-order valence-electron chi connectivity index (χ0n) is 26.0. The second-order valence-corrected chi connectivity index (χ2v) is 13.6. The van der Waals surface area contributed by atoms with E-state index in [0.29, 0.717) is 21.0 Å². The van der Waals surface area contributed by atoms with Crippen molar-refractivity contribution in [2.45, 2.75) is 56.9 Å². The second-order valence-electron chi connectivity index (χ2n) is 11.4. The number of rotatable bonds is 12. The van der Waals surface area contributed by atoms with Gasteiger partial charge in [0.1, 0.15) is 12.6 Å².